The molecule has 0 radical (unpaired) electrons. The average molecular weight is 236 g/mol. The maximum Gasteiger partial charge on any atom is 0.148 e. The molecule has 0 unspecified atom stereocenters. The molecule has 5 nitrogen and oxygen atoms in total. The van der Waals surface area contributed by atoms with E-state index in [4.69, 9.17) is 0 Å². The lowest BCUT2D eigenvalue weighted by Crippen LogP contribution is -2.12. The Morgan fingerprint density at radius 2 is 1.94 bits per heavy atom. The summed E-state index contributed by atoms with van der Waals surface area (Å²) in [6.45, 7) is 7.09. The van der Waals surface area contributed by atoms with Crippen LogP contribution in [-0.4, -0.2) is 28.8 Å². The van der Waals surface area contributed by atoms with Crippen LogP contribution in [0, 0.1) is 5.92 Å². The van der Waals surface area contributed by atoms with Crippen LogP contribution in [0.2, 0.25) is 0 Å². The van der Waals surface area contributed by atoms with E-state index in [1.165, 1.54) is 13.3 Å². The number of anilines is 2. The highest BCUT2D eigenvalue weighted by molar-refractivity contribution is 5.80. The molecule has 2 N–H and O–H groups in total. The number of ketones is 1. The Morgan fingerprint density at radius 3 is 2.53 bits per heavy atom. The molecule has 0 aliphatic rings. The Balaban J connectivity index is 2.45. The van der Waals surface area contributed by atoms with Crippen molar-refractivity contribution in [1.29, 1.82) is 0 Å². The van der Waals surface area contributed by atoms with Gasteiger partial charge in [-0.25, -0.2) is 9.97 Å². The van der Waals surface area contributed by atoms with Gasteiger partial charge in [-0.2, -0.15) is 0 Å². The number of hydrogen-bond acceptors (Lipinski definition) is 5. The lowest BCUT2D eigenvalue weighted by Gasteiger charge is -2.08. The molecule has 0 amide bonds. The molecule has 1 rings (SSSR count). The van der Waals surface area contributed by atoms with Crippen LogP contribution in [0.15, 0.2) is 12.4 Å². The summed E-state index contributed by atoms with van der Waals surface area (Å²) in [5, 5.41) is 6.17. The Bertz CT molecular complexity index is 365. The smallest absolute Gasteiger partial charge is 0.148 e. The van der Waals surface area contributed by atoms with Gasteiger partial charge >= 0.3 is 0 Å². The van der Waals surface area contributed by atoms with Gasteiger partial charge in [0.15, 0.2) is 0 Å². The van der Waals surface area contributed by atoms with E-state index in [-0.39, 0.29) is 5.78 Å². The SMILES string of the molecule is CC(=O)CNc1cc(NCCC(C)C)ncn1. The molecule has 17 heavy (non-hydrogen) atoms. The van der Waals surface area contributed by atoms with Gasteiger partial charge in [0.05, 0.1) is 6.54 Å². The third-order valence-corrected chi connectivity index (χ3v) is 2.21. The minimum Gasteiger partial charge on any atom is -0.370 e. The third kappa shape index (κ3) is 5.85. The van der Waals surface area contributed by atoms with Crippen molar-refractivity contribution in [3.05, 3.63) is 12.4 Å². The number of hydrogen-bond donors (Lipinski definition) is 2. The number of aromatic nitrogens is 2. The fourth-order valence-corrected chi connectivity index (χ4v) is 1.25. The molecule has 0 aromatic carbocycles. The Kier molecular flexibility index (Phi) is 5.39. The van der Waals surface area contributed by atoms with Crippen molar-refractivity contribution < 1.29 is 4.79 Å². The van der Waals surface area contributed by atoms with Gasteiger partial charge in [-0.05, 0) is 19.3 Å². The van der Waals surface area contributed by atoms with Crippen LogP contribution in [0.1, 0.15) is 27.2 Å². The summed E-state index contributed by atoms with van der Waals surface area (Å²) in [7, 11) is 0. The predicted molar refractivity (Wildman–Crippen MR) is 69.1 cm³/mol. The summed E-state index contributed by atoms with van der Waals surface area (Å²) in [6.07, 6.45) is 2.58. The van der Waals surface area contributed by atoms with Crippen LogP contribution in [0.3, 0.4) is 0 Å². The zero-order chi connectivity index (χ0) is 12.7. The number of nitrogens with one attached hydrogen (secondary N) is 2. The molecular weight excluding hydrogens is 216 g/mol. The Labute approximate surface area is 102 Å². The summed E-state index contributed by atoms with van der Waals surface area (Å²) in [5.41, 5.74) is 0. The van der Waals surface area contributed by atoms with Crippen LogP contribution >= 0.6 is 0 Å². The summed E-state index contributed by atoms with van der Waals surface area (Å²) < 4.78 is 0. The molecule has 0 atom stereocenters. The van der Waals surface area contributed by atoms with Crippen molar-refractivity contribution in [3.63, 3.8) is 0 Å². The van der Waals surface area contributed by atoms with E-state index in [1.54, 1.807) is 0 Å². The molecule has 0 saturated carbocycles. The summed E-state index contributed by atoms with van der Waals surface area (Å²) in [6, 6.07) is 1.81. The summed E-state index contributed by atoms with van der Waals surface area (Å²) >= 11 is 0. The number of carbonyl (C=O) groups excluding carboxylic acids is 1. The van der Waals surface area contributed by atoms with E-state index in [2.05, 4.69) is 34.4 Å². The van der Waals surface area contributed by atoms with Gasteiger partial charge in [-0.3, -0.25) is 4.79 Å². The zero-order valence-corrected chi connectivity index (χ0v) is 10.7. The fraction of sp³-hybridized carbons (Fsp3) is 0.583. The highest BCUT2D eigenvalue weighted by Gasteiger charge is 2.00. The second kappa shape index (κ2) is 6.83. The Morgan fingerprint density at radius 1 is 1.29 bits per heavy atom. The second-order valence-corrected chi connectivity index (χ2v) is 4.45. The van der Waals surface area contributed by atoms with E-state index in [9.17, 15) is 4.79 Å². The number of rotatable bonds is 7. The van der Waals surface area contributed by atoms with Crippen molar-refractivity contribution in [2.45, 2.75) is 27.2 Å². The number of carbonyl (C=O) groups is 1. The topological polar surface area (TPSA) is 66.9 Å². The van der Waals surface area contributed by atoms with E-state index in [0.717, 1.165) is 18.8 Å². The molecule has 0 aliphatic carbocycles. The number of Topliss-reactive ketones (excluding diaryl/α,β-unsaturated/α-hetero) is 1. The molecule has 0 fully saturated rings. The lowest BCUT2D eigenvalue weighted by molar-refractivity contribution is -0.115. The van der Waals surface area contributed by atoms with E-state index >= 15 is 0 Å². The second-order valence-electron chi connectivity index (χ2n) is 4.45. The van der Waals surface area contributed by atoms with Crippen LogP contribution in [-0.2, 0) is 4.79 Å². The molecule has 5 heteroatoms. The predicted octanol–water partition coefficient (Wildman–Crippen LogP) is 1.94. The van der Waals surface area contributed by atoms with Crippen molar-refractivity contribution >= 4 is 17.4 Å². The van der Waals surface area contributed by atoms with Crippen LogP contribution < -0.4 is 10.6 Å². The lowest BCUT2D eigenvalue weighted by atomic mass is 10.1. The van der Waals surface area contributed by atoms with Crippen LogP contribution in [0.25, 0.3) is 0 Å². The van der Waals surface area contributed by atoms with Crippen molar-refractivity contribution in [3.8, 4) is 0 Å². The molecule has 0 spiro atoms. The largest absolute Gasteiger partial charge is 0.370 e. The summed E-state index contributed by atoms with van der Waals surface area (Å²) in [5.74, 6) is 2.20. The van der Waals surface area contributed by atoms with Gasteiger partial charge in [0, 0.05) is 12.6 Å². The van der Waals surface area contributed by atoms with Crippen molar-refractivity contribution in [1.82, 2.24) is 9.97 Å². The highest BCUT2D eigenvalue weighted by Crippen LogP contribution is 2.09. The molecule has 94 valence electrons. The average Bonchev–Trinajstić information content (AvgIpc) is 2.26. The maximum absolute atomic E-state index is 10.8. The van der Waals surface area contributed by atoms with Crippen LogP contribution in [0.4, 0.5) is 11.6 Å². The molecule has 1 aromatic heterocycles. The Hall–Kier alpha value is -1.65. The monoisotopic (exact) mass is 236 g/mol. The van der Waals surface area contributed by atoms with Gasteiger partial charge in [-0.1, -0.05) is 13.8 Å². The van der Waals surface area contributed by atoms with Crippen molar-refractivity contribution in [2.24, 2.45) is 5.92 Å². The summed E-state index contributed by atoms with van der Waals surface area (Å²) in [4.78, 5) is 19.0. The fourth-order valence-electron chi connectivity index (χ4n) is 1.25. The van der Waals surface area contributed by atoms with E-state index < -0.39 is 0 Å². The molecule has 0 saturated heterocycles. The molecule has 1 aromatic rings. The molecule has 0 bridgehead atoms. The minimum atomic E-state index is 0.0814. The minimum absolute atomic E-state index is 0.0814. The normalized spacial score (nSPS) is 10.4. The van der Waals surface area contributed by atoms with E-state index in [0.29, 0.717) is 18.3 Å². The highest BCUT2D eigenvalue weighted by atomic mass is 16.1. The van der Waals surface area contributed by atoms with Gasteiger partial charge in [0.2, 0.25) is 0 Å². The first-order valence-corrected chi connectivity index (χ1v) is 5.87. The molecule has 0 aliphatic heterocycles. The quantitative estimate of drug-likeness (QED) is 0.757. The standard InChI is InChI=1S/C12H20N4O/c1-9(2)4-5-13-11-6-12(16-8-15-11)14-7-10(3)17/h6,8-9H,4-5,7H2,1-3H3,(H2,13,14,15,16). The first-order chi connectivity index (χ1) is 8.08. The first kappa shape index (κ1) is 13.4. The van der Waals surface area contributed by atoms with Gasteiger partial charge in [-0.15, -0.1) is 0 Å². The van der Waals surface area contributed by atoms with Crippen molar-refractivity contribution in [2.75, 3.05) is 23.7 Å². The van der Waals surface area contributed by atoms with Gasteiger partial charge < -0.3 is 10.6 Å². The molecule has 1 heterocycles. The zero-order valence-electron chi connectivity index (χ0n) is 10.7. The number of nitrogens with zero attached hydrogens (tertiary/aromatic N) is 2. The van der Waals surface area contributed by atoms with Crippen LogP contribution in [0.5, 0.6) is 0 Å². The first-order valence-electron chi connectivity index (χ1n) is 5.87. The molecular formula is C12H20N4O. The third-order valence-electron chi connectivity index (χ3n) is 2.21. The van der Waals surface area contributed by atoms with Gasteiger partial charge in [0.25, 0.3) is 0 Å². The van der Waals surface area contributed by atoms with E-state index in [1.807, 2.05) is 6.07 Å². The maximum atomic E-state index is 10.8. The van der Waals surface area contributed by atoms with Gasteiger partial charge in [0.1, 0.15) is 23.7 Å².